The highest BCUT2D eigenvalue weighted by Crippen LogP contribution is 2.37. The molecule has 0 fully saturated rings. The van der Waals surface area contributed by atoms with E-state index in [-0.39, 0.29) is 0 Å². The number of hydrogen-bond donors (Lipinski definition) is 1. The summed E-state index contributed by atoms with van der Waals surface area (Å²) in [6.45, 7) is 2.20. The average Bonchev–Trinajstić information content (AvgIpc) is 2.15. The van der Waals surface area contributed by atoms with Crippen LogP contribution in [-0.2, 0) is 10.1 Å². The Bertz CT molecular complexity index is 327. The van der Waals surface area contributed by atoms with Gasteiger partial charge in [-0.25, -0.2) is 4.39 Å². The molecule has 0 heterocycles. The monoisotopic (exact) mass is 322 g/mol. The molecule has 112 valence electrons. The van der Waals surface area contributed by atoms with Crippen molar-refractivity contribution in [2.75, 3.05) is 6.16 Å². The number of unbranched alkanes of at least 4 members (excludes halogenated alkanes) is 1. The smallest absolute Gasteiger partial charge is 0.281 e. The van der Waals surface area contributed by atoms with Gasteiger partial charge in [-0.05, 0) is 6.16 Å². The Labute approximate surface area is 103 Å². The van der Waals surface area contributed by atoms with Crippen LogP contribution in [0.15, 0.2) is 0 Å². The molecular weight excluding hydrogens is 309 g/mol. The molecule has 3 nitrogen and oxygen atoms in total. The van der Waals surface area contributed by atoms with Crippen molar-refractivity contribution >= 4 is 19.4 Å². The average molecular weight is 322 g/mol. The summed E-state index contributed by atoms with van der Waals surface area (Å²) in [5, 5.41) is -5.88. The third-order valence-corrected chi connectivity index (χ3v) is 2.79. The number of halogens is 6. The molecule has 2 atom stereocenters. The van der Waals surface area contributed by atoms with Crippen LogP contribution in [0.1, 0.15) is 19.8 Å². The van der Waals surface area contributed by atoms with Gasteiger partial charge in [-0.2, -0.15) is 30.4 Å². The predicted molar refractivity (Wildman–Crippen MR) is 56.9 cm³/mol. The fourth-order valence-corrected chi connectivity index (χ4v) is 1.33. The zero-order valence-corrected chi connectivity index (χ0v) is 11.2. The molecule has 18 heavy (non-hydrogen) atoms. The molecule has 0 aromatic rings. The first-order chi connectivity index (χ1) is 7.82. The number of rotatable bonds is 4. The molecule has 0 aliphatic heterocycles. The van der Waals surface area contributed by atoms with Crippen molar-refractivity contribution in [1.29, 1.82) is 0 Å². The van der Waals surface area contributed by atoms with Crippen molar-refractivity contribution in [3.8, 4) is 0 Å². The molecule has 0 aliphatic rings. The van der Waals surface area contributed by atoms with Gasteiger partial charge in [-0.1, -0.05) is 19.8 Å². The van der Waals surface area contributed by atoms with Crippen molar-refractivity contribution in [2.24, 2.45) is 0 Å². The van der Waals surface area contributed by atoms with E-state index in [9.17, 15) is 34.8 Å². The van der Waals surface area contributed by atoms with Crippen LogP contribution in [-0.4, -0.2) is 36.7 Å². The van der Waals surface area contributed by atoms with E-state index in [0.29, 0.717) is 0 Å². The minimum Gasteiger partial charge on any atom is -0.281 e. The summed E-state index contributed by atoms with van der Waals surface area (Å²) in [5.74, 6) is 0. The summed E-state index contributed by atoms with van der Waals surface area (Å²) in [4.78, 5) is 0. The normalized spacial score (nSPS) is 14.7. The van der Waals surface area contributed by atoms with Crippen LogP contribution in [0.4, 0.5) is 26.3 Å². The van der Waals surface area contributed by atoms with Crippen molar-refractivity contribution < 1.29 is 39.3 Å². The largest absolute Gasteiger partial charge is 0.426 e. The van der Waals surface area contributed by atoms with E-state index < -0.39 is 27.7 Å². The first kappa shape index (κ1) is 20.2. The highest BCUT2D eigenvalue weighted by atomic mass is 32.2. The van der Waals surface area contributed by atoms with Gasteiger partial charge in [-0.3, -0.25) is 4.55 Å². The maximum atomic E-state index is 11.9. The Morgan fingerprint density at radius 2 is 1.61 bits per heavy atom. The molecule has 1 N–H and O–H groups in total. The SMILES string of the molecule is CCCCP.O=S(=O)(O)C(F)(F)C(F)C(F)(F)F. The summed E-state index contributed by atoms with van der Waals surface area (Å²) >= 11 is 0. The molecule has 0 aromatic heterocycles. The first-order valence-corrected chi connectivity index (χ1v) is 6.83. The predicted octanol–water partition coefficient (Wildman–Crippen LogP) is 3.03. The van der Waals surface area contributed by atoms with Crippen LogP contribution in [0.25, 0.3) is 0 Å². The lowest BCUT2D eigenvalue weighted by atomic mass is 10.4. The molecule has 0 aliphatic carbocycles. The Kier molecular flexibility index (Phi) is 8.43. The fraction of sp³-hybridized carbons (Fsp3) is 1.00. The number of alkyl halides is 6. The maximum absolute atomic E-state index is 11.9. The molecule has 0 radical (unpaired) electrons. The molecule has 0 aromatic carbocycles. The fourth-order valence-electron chi connectivity index (χ4n) is 0.525. The highest BCUT2D eigenvalue weighted by Gasteiger charge is 2.64. The van der Waals surface area contributed by atoms with Crippen LogP contribution in [0.2, 0.25) is 0 Å². The van der Waals surface area contributed by atoms with Gasteiger partial charge in [0.1, 0.15) is 0 Å². The quantitative estimate of drug-likeness (QED) is 0.492. The second-order valence-corrected chi connectivity index (χ2v) is 5.16. The number of hydrogen-bond acceptors (Lipinski definition) is 2. The van der Waals surface area contributed by atoms with E-state index in [4.69, 9.17) is 4.55 Å². The highest BCUT2D eigenvalue weighted by molar-refractivity contribution is 7.86. The van der Waals surface area contributed by atoms with E-state index in [1.165, 1.54) is 19.0 Å². The zero-order valence-electron chi connectivity index (χ0n) is 9.22. The van der Waals surface area contributed by atoms with E-state index in [0.717, 1.165) is 0 Å². The molecule has 0 saturated carbocycles. The first-order valence-electron chi connectivity index (χ1n) is 4.58. The summed E-state index contributed by atoms with van der Waals surface area (Å²) in [6.07, 6.45) is -7.07. The molecule has 0 bridgehead atoms. The van der Waals surface area contributed by atoms with E-state index in [1.807, 2.05) is 0 Å². The van der Waals surface area contributed by atoms with Crippen molar-refractivity contribution in [1.82, 2.24) is 0 Å². The third kappa shape index (κ3) is 6.75. The van der Waals surface area contributed by atoms with Crippen molar-refractivity contribution in [3.05, 3.63) is 0 Å². The minimum absolute atomic E-state index is 1.26. The second-order valence-electron chi connectivity index (χ2n) is 3.08. The lowest BCUT2D eigenvalue weighted by molar-refractivity contribution is -0.223. The van der Waals surface area contributed by atoms with E-state index in [1.54, 1.807) is 0 Å². The van der Waals surface area contributed by atoms with Crippen LogP contribution >= 0.6 is 9.24 Å². The van der Waals surface area contributed by atoms with Crippen LogP contribution in [0.3, 0.4) is 0 Å². The topological polar surface area (TPSA) is 54.4 Å². The second kappa shape index (κ2) is 7.49. The summed E-state index contributed by atoms with van der Waals surface area (Å²) in [6, 6.07) is 0. The van der Waals surface area contributed by atoms with Crippen molar-refractivity contribution in [2.45, 2.75) is 37.4 Å². The van der Waals surface area contributed by atoms with Gasteiger partial charge >= 0.3 is 21.5 Å². The Balaban J connectivity index is 0. The summed E-state index contributed by atoms with van der Waals surface area (Å²) in [5.41, 5.74) is 0. The van der Waals surface area contributed by atoms with Gasteiger partial charge in [0.05, 0.1) is 0 Å². The van der Waals surface area contributed by atoms with Gasteiger partial charge in [0, 0.05) is 0 Å². The van der Waals surface area contributed by atoms with E-state index >= 15 is 0 Å². The van der Waals surface area contributed by atoms with Gasteiger partial charge in [0.25, 0.3) is 6.17 Å². The van der Waals surface area contributed by atoms with Gasteiger partial charge in [-0.15, -0.1) is 9.24 Å². The summed E-state index contributed by atoms with van der Waals surface area (Å²) in [7, 11) is -3.71. The van der Waals surface area contributed by atoms with Crippen LogP contribution in [0.5, 0.6) is 0 Å². The van der Waals surface area contributed by atoms with Gasteiger partial charge in [0.15, 0.2) is 0 Å². The standard InChI is InChI=1S/C4H11P.C3H2F6O3S/c1-2-3-4-5;4-1(2(5,6)7)3(8,9)13(10,11)12/h2-5H2,1H3;1H,(H,10,11,12). The molecule has 11 heteroatoms. The molecule has 2 unspecified atom stereocenters. The molecule has 0 amide bonds. The Hall–Kier alpha value is -0.0800. The Morgan fingerprint density at radius 1 is 1.22 bits per heavy atom. The minimum atomic E-state index is -6.41. The molecule has 0 saturated heterocycles. The Morgan fingerprint density at radius 3 is 1.67 bits per heavy atom. The molecule has 0 spiro atoms. The molecule has 0 rings (SSSR count). The van der Waals surface area contributed by atoms with Crippen LogP contribution in [0, 0.1) is 0 Å². The third-order valence-electron chi connectivity index (χ3n) is 1.48. The van der Waals surface area contributed by atoms with E-state index in [2.05, 4.69) is 16.2 Å². The summed E-state index contributed by atoms with van der Waals surface area (Å²) < 4.78 is 96.1. The zero-order chi connectivity index (χ0) is 15.2. The van der Waals surface area contributed by atoms with Crippen molar-refractivity contribution in [3.63, 3.8) is 0 Å². The van der Waals surface area contributed by atoms with Gasteiger partial charge < -0.3 is 0 Å². The lowest BCUT2D eigenvalue weighted by Gasteiger charge is -2.19. The van der Waals surface area contributed by atoms with Gasteiger partial charge in [0.2, 0.25) is 0 Å². The molecular formula is C7H13F6O3PS. The lowest BCUT2D eigenvalue weighted by Crippen LogP contribution is -2.46. The van der Waals surface area contributed by atoms with Crippen LogP contribution < -0.4 is 0 Å². The maximum Gasteiger partial charge on any atom is 0.426 e.